The first kappa shape index (κ1) is 12.2. The highest BCUT2D eigenvalue weighted by atomic mass is 35.5. The van der Waals surface area contributed by atoms with Gasteiger partial charge in [-0.2, -0.15) is 5.10 Å². The van der Waals surface area contributed by atoms with Crippen LogP contribution in [0.25, 0.3) is 0 Å². The molecule has 0 saturated carbocycles. The number of aryl methyl sites for hydroxylation is 2. The molecule has 0 N–H and O–H groups in total. The van der Waals surface area contributed by atoms with E-state index in [1.54, 1.807) is 0 Å². The van der Waals surface area contributed by atoms with Gasteiger partial charge in [0.1, 0.15) is 0 Å². The minimum Gasteiger partial charge on any atom is -0.297 e. The maximum Gasteiger partial charge on any atom is 0.0860 e. The van der Waals surface area contributed by atoms with Crippen molar-refractivity contribution in [3.63, 3.8) is 0 Å². The van der Waals surface area contributed by atoms with Crippen LogP contribution in [0.4, 0.5) is 0 Å². The zero-order chi connectivity index (χ0) is 11.7. The molecule has 1 fully saturated rings. The summed E-state index contributed by atoms with van der Waals surface area (Å²) in [7, 11) is 1.95. The van der Waals surface area contributed by atoms with Gasteiger partial charge in [-0.15, -0.1) is 11.6 Å². The Labute approximate surface area is 106 Å². The summed E-state index contributed by atoms with van der Waals surface area (Å²) in [5, 5.41) is 5.13. The molecule has 0 amide bonds. The van der Waals surface area contributed by atoms with Crippen LogP contribution in [-0.2, 0) is 13.6 Å². The van der Waals surface area contributed by atoms with Crippen molar-refractivity contribution in [1.82, 2.24) is 14.7 Å². The van der Waals surface area contributed by atoms with Crippen molar-refractivity contribution in [3.8, 4) is 0 Å². The van der Waals surface area contributed by atoms with Crippen molar-refractivity contribution in [1.29, 1.82) is 0 Å². The molecule has 1 aliphatic rings. The van der Waals surface area contributed by atoms with Crippen molar-refractivity contribution in [2.45, 2.75) is 19.9 Å². The third-order valence-corrected chi connectivity index (χ3v) is 4.15. The molecule has 0 bridgehead atoms. The molecule has 0 aromatic carbocycles. The van der Waals surface area contributed by atoms with E-state index in [-0.39, 0.29) is 0 Å². The van der Waals surface area contributed by atoms with Gasteiger partial charge in [-0.1, -0.05) is 11.6 Å². The van der Waals surface area contributed by atoms with Crippen molar-refractivity contribution < 1.29 is 0 Å². The lowest BCUT2D eigenvalue weighted by atomic mass is 10.2. The topological polar surface area (TPSA) is 21.1 Å². The summed E-state index contributed by atoms with van der Waals surface area (Å²) in [6.45, 7) is 5.00. The van der Waals surface area contributed by atoms with Crippen LogP contribution in [0.15, 0.2) is 0 Å². The number of alkyl halides is 1. The number of likely N-dealkylation sites (tertiary alicyclic amines) is 1. The van der Waals surface area contributed by atoms with Crippen LogP contribution < -0.4 is 0 Å². The standard InChI is InChI=1S/C11H17Cl2N3/c1-8-11(13)10(15(2)14-8)7-16-4-3-9(5-12)6-16/h9H,3-7H2,1-2H3. The zero-order valence-corrected chi connectivity index (χ0v) is 11.2. The maximum absolute atomic E-state index is 6.23. The smallest absolute Gasteiger partial charge is 0.0860 e. The van der Waals surface area contributed by atoms with Crippen LogP contribution in [-0.4, -0.2) is 33.6 Å². The molecular weight excluding hydrogens is 245 g/mol. The second-order valence-corrected chi connectivity index (χ2v) is 5.20. The lowest BCUT2D eigenvalue weighted by molar-refractivity contribution is 0.311. The molecule has 1 aliphatic heterocycles. The summed E-state index contributed by atoms with van der Waals surface area (Å²) in [5.74, 6) is 1.39. The largest absolute Gasteiger partial charge is 0.297 e. The molecule has 0 aliphatic carbocycles. The fraction of sp³-hybridized carbons (Fsp3) is 0.727. The van der Waals surface area contributed by atoms with E-state index in [1.807, 2.05) is 18.7 Å². The van der Waals surface area contributed by atoms with Gasteiger partial charge in [-0.3, -0.25) is 9.58 Å². The van der Waals surface area contributed by atoms with E-state index in [1.165, 1.54) is 6.42 Å². The lowest BCUT2D eigenvalue weighted by Gasteiger charge is -2.15. The average Bonchev–Trinajstić information content (AvgIpc) is 2.80. The molecule has 1 aromatic heterocycles. The molecule has 1 saturated heterocycles. The van der Waals surface area contributed by atoms with Gasteiger partial charge in [0.2, 0.25) is 0 Å². The first-order chi connectivity index (χ1) is 7.61. The van der Waals surface area contributed by atoms with Gasteiger partial charge in [0.15, 0.2) is 0 Å². The number of hydrogen-bond donors (Lipinski definition) is 0. The molecule has 90 valence electrons. The Hall–Kier alpha value is -0.250. The van der Waals surface area contributed by atoms with Crippen molar-refractivity contribution in [2.24, 2.45) is 13.0 Å². The lowest BCUT2D eigenvalue weighted by Crippen LogP contribution is -2.22. The molecule has 2 rings (SSSR count). The van der Waals surface area contributed by atoms with Gasteiger partial charge in [0, 0.05) is 26.0 Å². The Morgan fingerprint density at radius 1 is 1.50 bits per heavy atom. The van der Waals surface area contributed by atoms with Gasteiger partial charge in [0.25, 0.3) is 0 Å². The second-order valence-electron chi connectivity index (χ2n) is 4.51. The second kappa shape index (κ2) is 4.94. The first-order valence-corrected chi connectivity index (χ1v) is 6.49. The fourth-order valence-corrected chi connectivity index (χ4v) is 2.72. The van der Waals surface area contributed by atoms with Gasteiger partial charge >= 0.3 is 0 Å². The molecule has 1 unspecified atom stereocenters. The molecule has 16 heavy (non-hydrogen) atoms. The summed E-state index contributed by atoms with van der Waals surface area (Å²) in [6.07, 6.45) is 1.19. The SMILES string of the molecule is Cc1nn(C)c(CN2CCC(CCl)C2)c1Cl. The van der Waals surface area contributed by atoms with Gasteiger partial charge in [-0.05, 0) is 25.8 Å². The van der Waals surface area contributed by atoms with E-state index in [0.717, 1.165) is 41.9 Å². The van der Waals surface area contributed by atoms with Crippen molar-refractivity contribution >= 4 is 23.2 Å². The van der Waals surface area contributed by atoms with E-state index >= 15 is 0 Å². The van der Waals surface area contributed by atoms with E-state index < -0.39 is 0 Å². The van der Waals surface area contributed by atoms with Crippen LogP contribution >= 0.6 is 23.2 Å². The zero-order valence-electron chi connectivity index (χ0n) is 9.71. The Morgan fingerprint density at radius 2 is 2.25 bits per heavy atom. The van der Waals surface area contributed by atoms with Gasteiger partial charge < -0.3 is 0 Å². The molecule has 0 spiro atoms. The third-order valence-electron chi connectivity index (χ3n) is 3.22. The Kier molecular flexibility index (Phi) is 3.77. The molecular formula is C11H17Cl2N3. The summed E-state index contributed by atoms with van der Waals surface area (Å²) >= 11 is 12.1. The average molecular weight is 262 g/mol. The van der Waals surface area contributed by atoms with Gasteiger partial charge in [0.05, 0.1) is 16.4 Å². The highest BCUT2D eigenvalue weighted by Gasteiger charge is 2.23. The summed E-state index contributed by atoms with van der Waals surface area (Å²) in [5.41, 5.74) is 2.02. The molecule has 0 radical (unpaired) electrons. The summed E-state index contributed by atoms with van der Waals surface area (Å²) in [4.78, 5) is 2.40. The minimum atomic E-state index is 0.634. The Bertz CT molecular complexity index is 376. The third kappa shape index (κ3) is 2.36. The van der Waals surface area contributed by atoms with Crippen molar-refractivity contribution in [2.75, 3.05) is 19.0 Å². The van der Waals surface area contributed by atoms with Crippen LogP contribution in [0, 0.1) is 12.8 Å². The van der Waals surface area contributed by atoms with E-state index in [9.17, 15) is 0 Å². The van der Waals surface area contributed by atoms with E-state index in [4.69, 9.17) is 23.2 Å². The van der Waals surface area contributed by atoms with Crippen LogP contribution in [0.3, 0.4) is 0 Å². The number of halogens is 2. The summed E-state index contributed by atoms with van der Waals surface area (Å²) in [6, 6.07) is 0. The molecule has 5 heteroatoms. The summed E-state index contributed by atoms with van der Waals surface area (Å²) < 4.78 is 1.88. The monoisotopic (exact) mass is 261 g/mol. The number of aromatic nitrogens is 2. The minimum absolute atomic E-state index is 0.634. The molecule has 3 nitrogen and oxygen atoms in total. The maximum atomic E-state index is 6.23. The molecule has 2 heterocycles. The quantitative estimate of drug-likeness (QED) is 0.780. The highest BCUT2D eigenvalue weighted by molar-refractivity contribution is 6.31. The Morgan fingerprint density at radius 3 is 2.75 bits per heavy atom. The normalized spacial score (nSPS) is 21.9. The van der Waals surface area contributed by atoms with Crippen LogP contribution in [0.2, 0.25) is 5.02 Å². The van der Waals surface area contributed by atoms with E-state index in [0.29, 0.717) is 5.92 Å². The van der Waals surface area contributed by atoms with Crippen LogP contribution in [0.5, 0.6) is 0 Å². The molecule has 1 aromatic rings. The number of rotatable bonds is 3. The predicted octanol–water partition coefficient (Wildman–Crippen LogP) is 2.44. The first-order valence-electron chi connectivity index (χ1n) is 5.58. The van der Waals surface area contributed by atoms with Gasteiger partial charge in [-0.25, -0.2) is 0 Å². The Balaban J connectivity index is 2.04. The predicted molar refractivity (Wildman–Crippen MR) is 67.1 cm³/mol. The van der Waals surface area contributed by atoms with Crippen molar-refractivity contribution in [3.05, 3.63) is 16.4 Å². The number of nitrogens with zero attached hydrogens (tertiary/aromatic N) is 3. The van der Waals surface area contributed by atoms with Crippen LogP contribution in [0.1, 0.15) is 17.8 Å². The van der Waals surface area contributed by atoms with E-state index in [2.05, 4.69) is 10.00 Å². The highest BCUT2D eigenvalue weighted by Crippen LogP contribution is 2.24. The molecule has 1 atom stereocenters. The fourth-order valence-electron chi connectivity index (χ4n) is 2.25. The number of hydrogen-bond acceptors (Lipinski definition) is 2.